The molecule has 3 heterocycles. The molecule has 1 aromatic heterocycles. The molecule has 4 rings (SSSR count). The van der Waals surface area contributed by atoms with Gasteiger partial charge in [-0.1, -0.05) is 12.1 Å². The summed E-state index contributed by atoms with van der Waals surface area (Å²) >= 11 is 1.76. The van der Waals surface area contributed by atoms with Crippen LogP contribution in [0, 0.1) is 5.92 Å². The van der Waals surface area contributed by atoms with Gasteiger partial charge in [0.2, 0.25) is 11.8 Å². The maximum Gasteiger partial charge on any atom is 0.227 e. The lowest BCUT2D eigenvalue weighted by atomic mass is 9.93. The first-order chi connectivity index (χ1) is 12.6. The van der Waals surface area contributed by atoms with Gasteiger partial charge in [0.1, 0.15) is 0 Å². The summed E-state index contributed by atoms with van der Waals surface area (Å²) in [4.78, 5) is 33.3. The van der Waals surface area contributed by atoms with Crippen molar-refractivity contribution in [3.63, 3.8) is 0 Å². The van der Waals surface area contributed by atoms with E-state index in [0.29, 0.717) is 12.5 Å². The Labute approximate surface area is 158 Å². The number of carbonyl (C=O) groups excluding carboxylic acids is 2. The molecule has 0 unspecified atom stereocenters. The zero-order chi connectivity index (χ0) is 18.1. The number of carbonyl (C=O) groups is 2. The normalized spacial score (nSPS) is 24.0. The van der Waals surface area contributed by atoms with Gasteiger partial charge in [-0.25, -0.2) is 4.98 Å². The Bertz CT molecular complexity index is 785. The Balaban J connectivity index is 1.46. The predicted octanol–water partition coefficient (Wildman–Crippen LogP) is 3.26. The van der Waals surface area contributed by atoms with Crippen LogP contribution in [0.4, 0.5) is 0 Å². The van der Waals surface area contributed by atoms with E-state index in [1.54, 1.807) is 18.3 Å². The van der Waals surface area contributed by atoms with Crippen LogP contribution in [0.1, 0.15) is 43.5 Å². The molecule has 0 radical (unpaired) electrons. The zero-order valence-corrected chi connectivity index (χ0v) is 16.0. The van der Waals surface area contributed by atoms with Crippen LogP contribution in [-0.2, 0) is 9.59 Å². The summed E-state index contributed by atoms with van der Waals surface area (Å²) in [5.74, 6) is 0.592. The van der Waals surface area contributed by atoms with Gasteiger partial charge in [-0.05, 0) is 37.8 Å². The number of hydrogen-bond donors (Lipinski definition) is 0. The monoisotopic (exact) mass is 371 g/mol. The molecule has 2 atom stereocenters. The van der Waals surface area contributed by atoms with Gasteiger partial charge < -0.3 is 9.80 Å². The number of aromatic nitrogens is 1. The van der Waals surface area contributed by atoms with E-state index in [0.717, 1.165) is 55.8 Å². The molecule has 2 aliphatic heterocycles. The summed E-state index contributed by atoms with van der Waals surface area (Å²) in [7, 11) is 0. The fourth-order valence-corrected chi connectivity index (χ4v) is 5.26. The predicted molar refractivity (Wildman–Crippen MR) is 103 cm³/mol. The van der Waals surface area contributed by atoms with Crippen molar-refractivity contribution in [3.8, 4) is 0 Å². The molecule has 2 amide bonds. The smallest absolute Gasteiger partial charge is 0.227 e. The number of nitrogens with zero attached hydrogens (tertiary/aromatic N) is 3. The average Bonchev–Trinajstić information content (AvgIpc) is 3.12. The van der Waals surface area contributed by atoms with Crippen LogP contribution in [0.2, 0.25) is 0 Å². The number of para-hydroxylation sites is 1. The van der Waals surface area contributed by atoms with E-state index in [1.165, 1.54) is 4.70 Å². The first-order valence-electron chi connectivity index (χ1n) is 9.51. The molecule has 0 N–H and O–H groups in total. The lowest BCUT2D eigenvalue weighted by Crippen LogP contribution is -2.48. The molecule has 2 saturated heterocycles. The highest BCUT2D eigenvalue weighted by Crippen LogP contribution is 2.33. The summed E-state index contributed by atoms with van der Waals surface area (Å²) < 4.78 is 1.22. The molecule has 26 heavy (non-hydrogen) atoms. The lowest BCUT2D eigenvalue weighted by molar-refractivity contribution is -0.141. The summed E-state index contributed by atoms with van der Waals surface area (Å²) in [6.07, 6.45) is 3.93. The minimum atomic E-state index is -0.0400. The van der Waals surface area contributed by atoms with Gasteiger partial charge in [0.05, 0.1) is 21.1 Å². The van der Waals surface area contributed by atoms with Gasteiger partial charge in [0.25, 0.3) is 0 Å². The maximum atomic E-state index is 13.0. The van der Waals surface area contributed by atoms with Crippen LogP contribution in [0.25, 0.3) is 10.2 Å². The van der Waals surface area contributed by atoms with Gasteiger partial charge in [0, 0.05) is 39.0 Å². The van der Waals surface area contributed by atoms with Crippen molar-refractivity contribution < 1.29 is 9.59 Å². The molecule has 0 spiro atoms. The van der Waals surface area contributed by atoms with E-state index < -0.39 is 0 Å². The Kier molecular flexibility index (Phi) is 4.94. The molecule has 0 saturated carbocycles. The van der Waals surface area contributed by atoms with E-state index in [2.05, 4.69) is 12.1 Å². The number of likely N-dealkylation sites (tertiary alicyclic amines) is 2. The SMILES string of the molecule is CC(=O)N1CCC[C@@H](C(=O)N2CCC[C@H](c3nc4ccccc4s3)C2)C1. The quantitative estimate of drug-likeness (QED) is 0.814. The van der Waals surface area contributed by atoms with Crippen LogP contribution in [-0.4, -0.2) is 52.8 Å². The highest BCUT2D eigenvalue weighted by atomic mass is 32.1. The van der Waals surface area contributed by atoms with Gasteiger partial charge in [-0.3, -0.25) is 9.59 Å². The molecule has 2 aliphatic rings. The van der Waals surface area contributed by atoms with E-state index >= 15 is 0 Å². The fourth-order valence-electron chi connectivity index (χ4n) is 4.17. The van der Waals surface area contributed by atoms with Crippen LogP contribution in [0.3, 0.4) is 0 Å². The second-order valence-electron chi connectivity index (χ2n) is 7.45. The van der Waals surface area contributed by atoms with E-state index in [4.69, 9.17) is 4.98 Å². The van der Waals surface area contributed by atoms with Gasteiger partial charge in [-0.2, -0.15) is 0 Å². The molecule has 2 fully saturated rings. The van der Waals surface area contributed by atoms with Gasteiger partial charge in [-0.15, -0.1) is 11.3 Å². The summed E-state index contributed by atoms with van der Waals surface area (Å²) in [6, 6.07) is 8.23. The minimum absolute atomic E-state index is 0.0400. The third-order valence-corrected chi connectivity index (χ3v) is 6.81. The largest absolute Gasteiger partial charge is 0.342 e. The Morgan fingerprint density at radius 1 is 1.08 bits per heavy atom. The number of rotatable bonds is 2. The number of piperidine rings is 2. The maximum absolute atomic E-state index is 13.0. The standard InChI is InChI=1S/C20H25N3O2S/c1-14(24)22-10-5-7-16(13-22)20(25)23-11-4-6-15(12-23)19-21-17-8-2-3-9-18(17)26-19/h2-3,8-9,15-16H,4-7,10-13H2,1H3/t15-,16+/m0/s1. The number of benzene rings is 1. The van der Waals surface area contributed by atoms with Crippen molar-refractivity contribution in [2.75, 3.05) is 26.2 Å². The summed E-state index contributed by atoms with van der Waals surface area (Å²) in [6.45, 7) is 4.55. The van der Waals surface area contributed by atoms with Gasteiger partial charge >= 0.3 is 0 Å². The van der Waals surface area contributed by atoms with E-state index in [9.17, 15) is 9.59 Å². The Morgan fingerprint density at radius 2 is 1.85 bits per heavy atom. The zero-order valence-electron chi connectivity index (χ0n) is 15.2. The molecule has 2 aromatic rings. The van der Waals surface area contributed by atoms with E-state index in [-0.39, 0.29) is 17.7 Å². The Morgan fingerprint density at radius 3 is 2.65 bits per heavy atom. The molecule has 0 bridgehead atoms. The molecule has 6 heteroatoms. The second kappa shape index (κ2) is 7.35. The van der Waals surface area contributed by atoms with Crippen molar-refractivity contribution in [3.05, 3.63) is 29.3 Å². The third kappa shape index (κ3) is 3.47. The van der Waals surface area contributed by atoms with Crippen LogP contribution in [0.5, 0.6) is 0 Å². The number of amides is 2. The van der Waals surface area contributed by atoms with Crippen molar-refractivity contribution in [1.82, 2.24) is 14.8 Å². The Hall–Kier alpha value is -1.95. The van der Waals surface area contributed by atoms with Crippen LogP contribution < -0.4 is 0 Å². The van der Waals surface area contributed by atoms with E-state index in [1.807, 2.05) is 21.9 Å². The first kappa shape index (κ1) is 17.5. The molecular formula is C20H25N3O2S. The number of hydrogen-bond acceptors (Lipinski definition) is 4. The van der Waals surface area contributed by atoms with Crippen LogP contribution in [0.15, 0.2) is 24.3 Å². The number of fused-ring (bicyclic) bond motifs is 1. The highest BCUT2D eigenvalue weighted by Gasteiger charge is 2.33. The highest BCUT2D eigenvalue weighted by molar-refractivity contribution is 7.18. The molecule has 0 aliphatic carbocycles. The van der Waals surface area contributed by atoms with Crippen molar-refractivity contribution in [2.45, 2.75) is 38.5 Å². The fraction of sp³-hybridized carbons (Fsp3) is 0.550. The molecule has 5 nitrogen and oxygen atoms in total. The summed E-state index contributed by atoms with van der Waals surface area (Å²) in [5.41, 5.74) is 1.06. The third-order valence-electron chi connectivity index (χ3n) is 5.61. The van der Waals surface area contributed by atoms with Crippen molar-refractivity contribution >= 4 is 33.4 Å². The molecule has 138 valence electrons. The lowest BCUT2D eigenvalue weighted by Gasteiger charge is -2.37. The van der Waals surface area contributed by atoms with Crippen molar-refractivity contribution in [2.24, 2.45) is 5.92 Å². The number of thiazole rings is 1. The van der Waals surface area contributed by atoms with Gasteiger partial charge in [0.15, 0.2) is 0 Å². The average molecular weight is 372 g/mol. The minimum Gasteiger partial charge on any atom is -0.342 e. The second-order valence-corrected chi connectivity index (χ2v) is 8.51. The van der Waals surface area contributed by atoms with Crippen LogP contribution >= 0.6 is 11.3 Å². The molecule has 1 aromatic carbocycles. The first-order valence-corrected chi connectivity index (χ1v) is 10.3. The van der Waals surface area contributed by atoms with Crippen molar-refractivity contribution in [1.29, 1.82) is 0 Å². The summed E-state index contributed by atoms with van der Waals surface area (Å²) in [5, 5.41) is 1.15. The topological polar surface area (TPSA) is 53.5 Å². The molecular weight excluding hydrogens is 346 g/mol.